The molecule has 5 nitrogen and oxygen atoms in total. The number of alkyl halides is 3. The van der Waals surface area contributed by atoms with Gasteiger partial charge >= 0.3 is 6.18 Å². The first-order valence-corrected chi connectivity index (χ1v) is 12.8. The maximum absolute atomic E-state index is 13.4. The summed E-state index contributed by atoms with van der Waals surface area (Å²) < 4.78 is 42.9. The lowest BCUT2D eigenvalue weighted by molar-refractivity contribution is -0.205. The van der Waals surface area contributed by atoms with Crippen LogP contribution in [-0.4, -0.2) is 25.6 Å². The molecule has 1 atom stereocenters. The van der Waals surface area contributed by atoms with Crippen molar-refractivity contribution in [2.24, 2.45) is 13.0 Å². The first-order chi connectivity index (χ1) is 17.5. The van der Waals surface area contributed by atoms with Gasteiger partial charge in [-0.1, -0.05) is 56.3 Å². The third-order valence-electron chi connectivity index (χ3n) is 6.43. The smallest absolute Gasteiger partial charge is 0.379 e. The second-order valence-corrected chi connectivity index (χ2v) is 10.8. The van der Waals surface area contributed by atoms with Crippen molar-refractivity contribution in [1.82, 2.24) is 14.3 Å². The molecule has 0 aliphatic rings. The maximum atomic E-state index is 13.4. The van der Waals surface area contributed by atoms with Gasteiger partial charge in [-0.15, -0.1) is 11.3 Å². The van der Waals surface area contributed by atoms with E-state index in [-0.39, 0.29) is 16.4 Å². The SMILES string of the molecule is CC(C)Cc1nn(C)c(=O)c2c(-c3ccc(C(O)C(F)(F)F)s3)n(Cc3cccc4ccccc34)cc12. The summed E-state index contributed by atoms with van der Waals surface area (Å²) in [4.78, 5) is 13.7. The highest BCUT2D eigenvalue weighted by atomic mass is 32.1. The second-order valence-electron chi connectivity index (χ2n) is 9.65. The van der Waals surface area contributed by atoms with E-state index in [4.69, 9.17) is 0 Å². The van der Waals surface area contributed by atoms with Gasteiger partial charge in [0, 0.05) is 30.1 Å². The molecular weight excluding hydrogens is 499 g/mol. The van der Waals surface area contributed by atoms with Gasteiger partial charge in [-0.2, -0.15) is 18.3 Å². The van der Waals surface area contributed by atoms with Crippen molar-refractivity contribution in [3.63, 3.8) is 0 Å². The van der Waals surface area contributed by atoms with Gasteiger partial charge in [0.2, 0.25) is 0 Å². The molecule has 0 radical (unpaired) electrons. The van der Waals surface area contributed by atoms with E-state index in [9.17, 15) is 23.1 Å². The molecule has 3 heterocycles. The number of aromatic nitrogens is 3. The molecule has 0 fully saturated rings. The second kappa shape index (κ2) is 9.46. The van der Waals surface area contributed by atoms with Crippen molar-refractivity contribution < 1.29 is 18.3 Å². The summed E-state index contributed by atoms with van der Waals surface area (Å²) in [5.41, 5.74) is 1.99. The summed E-state index contributed by atoms with van der Waals surface area (Å²) in [6, 6.07) is 16.8. The van der Waals surface area contributed by atoms with Gasteiger partial charge in [0.25, 0.3) is 5.56 Å². The first kappa shape index (κ1) is 25.2. The zero-order valence-electron chi connectivity index (χ0n) is 20.6. The minimum atomic E-state index is -4.78. The molecule has 1 unspecified atom stereocenters. The third kappa shape index (κ3) is 4.69. The van der Waals surface area contributed by atoms with Crippen molar-refractivity contribution in [2.75, 3.05) is 0 Å². The average Bonchev–Trinajstić information content (AvgIpc) is 3.46. The molecule has 0 saturated heterocycles. The molecule has 0 aliphatic carbocycles. The summed E-state index contributed by atoms with van der Waals surface area (Å²) in [6.45, 7) is 4.54. The number of nitrogens with zero attached hydrogens (tertiary/aromatic N) is 3. The van der Waals surface area contributed by atoms with E-state index in [1.165, 1.54) is 10.7 Å². The Bertz CT molecular complexity index is 1660. The average molecular weight is 526 g/mol. The molecule has 37 heavy (non-hydrogen) atoms. The number of benzene rings is 2. The lowest BCUT2D eigenvalue weighted by atomic mass is 10.0. The number of halogens is 3. The highest BCUT2D eigenvalue weighted by molar-refractivity contribution is 7.15. The molecule has 5 rings (SSSR count). The maximum Gasteiger partial charge on any atom is 0.419 e. The molecule has 2 aromatic carbocycles. The van der Waals surface area contributed by atoms with Crippen LogP contribution in [0.4, 0.5) is 13.2 Å². The lowest BCUT2D eigenvalue weighted by Crippen LogP contribution is -2.21. The van der Waals surface area contributed by atoms with Gasteiger partial charge in [-0.25, -0.2) is 4.68 Å². The Hall–Kier alpha value is -3.43. The molecule has 0 spiro atoms. The minimum absolute atomic E-state index is 0.221. The van der Waals surface area contributed by atoms with Crippen molar-refractivity contribution in [3.05, 3.63) is 87.3 Å². The Balaban J connectivity index is 1.76. The molecule has 9 heteroatoms. The molecule has 1 N–H and O–H groups in total. The zero-order chi connectivity index (χ0) is 26.5. The van der Waals surface area contributed by atoms with Crippen LogP contribution in [0.25, 0.3) is 32.1 Å². The van der Waals surface area contributed by atoms with Crippen LogP contribution >= 0.6 is 11.3 Å². The number of aliphatic hydroxyl groups is 1. The fourth-order valence-corrected chi connectivity index (χ4v) is 5.85. The molecule has 0 aliphatic heterocycles. The number of fused-ring (bicyclic) bond motifs is 2. The fourth-order valence-electron chi connectivity index (χ4n) is 4.76. The van der Waals surface area contributed by atoms with E-state index < -0.39 is 12.3 Å². The summed E-state index contributed by atoms with van der Waals surface area (Å²) in [6.07, 6.45) is -4.83. The topological polar surface area (TPSA) is 60.1 Å². The van der Waals surface area contributed by atoms with Crippen LogP contribution < -0.4 is 5.56 Å². The van der Waals surface area contributed by atoms with Crippen molar-refractivity contribution in [2.45, 2.75) is 39.1 Å². The Morgan fingerprint density at radius 2 is 1.76 bits per heavy atom. The van der Waals surface area contributed by atoms with Crippen molar-refractivity contribution in [3.8, 4) is 10.6 Å². The molecular formula is C28H26F3N3O2S. The molecule has 5 aromatic rings. The lowest BCUT2D eigenvalue weighted by Gasteiger charge is -2.13. The van der Waals surface area contributed by atoms with E-state index in [2.05, 4.69) is 18.9 Å². The van der Waals surface area contributed by atoms with Gasteiger partial charge in [0.05, 0.1) is 21.7 Å². The van der Waals surface area contributed by atoms with E-state index in [0.29, 0.717) is 34.3 Å². The van der Waals surface area contributed by atoms with E-state index in [1.54, 1.807) is 13.1 Å². The van der Waals surface area contributed by atoms with E-state index >= 15 is 0 Å². The molecule has 3 aromatic heterocycles. The highest BCUT2D eigenvalue weighted by Gasteiger charge is 2.40. The fraction of sp³-hybridized carbons (Fsp3) is 0.286. The minimum Gasteiger partial charge on any atom is -0.379 e. The predicted molar refractivity (Wildman–Crippen MR) is 141 cm³/mol. The van der Waals surface area contributed by atoms with Crippen LogP contribution in [0, 0.1) is 5.92 Å². The number of aliphatic hydroxyl groups excluding tert-OH is 1. The summed E-state index contributed by atoms with van der Waals surface area (Å²) >= 11 is 0.844. The first-order valence-electron chi connectivity index (χ1n) is 11.9. The standard InChI is InChI=1S/C28H26F3N3O2S/c1-16(2)13-21-20-15-34(14-18-9-6-8-17-7-4-5-10-19(17)18)25(24(20)27(36)33(3)32-21)22-11-12-23(37-22)26(35)28(29,30)31/h4-12,15-16,26,35H,13-14H2,1-3H3. The molecule has 192 valence electrons. The summed E-state index contributed by atoms with van der Waals surface area (Å²) in [5.74, 6) is 0.286. The van der Waals surface area contributed by atoms with Crippen LogP contribution in [0.1, 0.15) is 36.1 Å². The van der Waals surface area contributed by atoms with E-state index in [0.717, 1.165) is 33.4 Å². The Morgan fingerprint density at radius 3 is 2.49 bits per heavy atom. The number of hydrogen-bond donors (Lipinski definition) is 1. The van der Waals surface area contributed by atoms with Gasteiger partial charge < -0.3 is 9.67 Å². The zero-order valence-corrected chi connectivity index (χ0v) is 21.4. The van der Waals surface area contributed by atoms with Gasteiger partial charge in [0.1, 0.15) is 0 Å². The summed E-state index contributed by atoms with van der Waals surface area (Å²) in [5, 5.41) is 17.6. The monoisotopic (exact) mass is 525 g/mol. The van der Waals surface area contributed by atoms with Gasteiger partial charge in [0.15, 0.2) is 6.10 Å². The highest BCUT2D eigenvalue weighted by Crippen LogP contribution is 2.41. The van der Waals surface area contributed by atoms with Gasteiger partial charge in [-0.3, -0.25) is 4.79 Å². The predicted octanol–water partition coefficient (Wildman–Crippen LogP) is 6.46. The number of aryl methyl sites for hydroxylation is 1. The van der Waals surface area contributed by atoms with Gasteiger partial charge in [-0.05, 0) is 40.8 Å². The largest absolute Gasteiger partial charge is 0.419 e. The van der Waals surface area contributed by atoms with Crippen LogP contribution in [0.5, 0.6) is 0 Å². The number of thiophene rings is 1. The van der Waals surface area contributed by atoms with Crippen LogP contribution in [-0.2, 0) is 20.0 Å². The van der Waals surface area contributed by atoms with Crippen molar-refractivity contribution in [1.29, 1.82) is 0 Å². The van der Waals surface area contributed by atoms with Crippen LogP contribution in [0.2, 0.25) is 0 Å². The normalized spacial score (nSPS) is 13.2. The summed E-state index contributed by atoms with van der Waals surface area (Å²) in [7, 11) is 1.59. The Kier molecular flexibility index (Phi) is 6.45. The Morgan fingerprint density at radius 1 is 1.03 bits per heavy atom. The quantitative estimate of drug-likeness (QED) is 0.277. The number of rotatable bonds is 6. The molecule has 0 saturated carbocycles. The number of hydrogen-bond acceptors (Lipinski definition) is 4. The molecule has 0 bridgehead atoms. The van der Waals surface area contributed by atoms with Crippen LogP contribution in [0.3, 0.4) is 0 Å². The third-order valence-corrected chi connectivity index (χ3v) is 7.57. The van der Waals surface area contributed by atoms with Crippen LogP contribution in [0.15, 0.2) is 65.6 Å². The van der Waals surface area contributed by atoms with Crippen molar-refractivity contribution >= 4 is 32.9 Å². The Labute approximate surface area is 215 Å². The molecule has 0 amide bonds. The van der Waals surface area contributed by atoms with E-state index in [1.807, 2.05) is 53.2 Å².